The predicted molar refractivity (Wildman–Crippen MR) is 81.3 cm³/mol. The molecule has 0 saturated heterocycles. The Bertz CT molecular complexity index is 553. The van der Waals surface area contributed by atoms with E-state index in [1.54, 1.807) is 18.9 Å². The van der Waals surface area contributed by atoms with E-state index >= 15 is 0 Å². The van der Waals surface area contributed by atoms with Crippen LogP contribution in [0.25, 0.3) is 0 Å². The molecule has 20 heavy (non-hydrogen) atoms. The monoisotopic (exact) mass is 292 g/mol. The second-order valence-electron chi connectivity index (χ2n) is 4.51. The van der Waals surface area contributed by atoms with E-state index in [1.807, 2.05) is 37.7 Å². The fraction of sp³-hybridized carbons (Fsp3) is 0.429. The van der Waals surface area contributed by atoms with Crippen molar-refractivity contribution in [1.82, 2.24) is 20.1 Å². The summed E-state index contributed by atoms with van der Waals surface area (Å²) in [5.74, 6) is 2.70. The minimum Gasteiger partial charge on any atom is -0.497 e. The lowest BCUT2D eigenvalue weighted by Gasteiger charge is -2.16. The van der Waals surface area contributed by atoms with Gasteiger partial charge in [0.2, 0.25) is 0 Å². The highest BCUT2D eigenvalue weighted by atomic mass is 32.2. The van der Waals surface area contributed by atoms with Crippen LogP contribution in [-0.2, 0) is 7.05 Å². The summed E-state index contributed by atoms with van der Waals surface area (Å²) < 4.78 is 7.19. The van der Waals surface area contributed by atoms with Crippen LogP contribution in [0.1, 0.15) is 17.4 Å². The molecule has 108 valence electrons. The van der Waals surface area contributed by atoms with Crippen molar-refractivity contribution in [1.29, 1.82) is 0 Å². The lowest BCUT2D eigenvalue weighted by molar-refractivity contribution is 0.414. The van der Waals surface area contributed by atoms with Gasteiger partial charge in [-0.1, -0.05) is 23.9 Å². The molecule has 0 radical (unpaired) electrons. The van der Waals surface area contributed by atoms with Crippen molar-refractivity contribution in [3.05, 3.63) is 35.7 Å². The van der Waals surface area contributed by atoms with Crippen molar-refractivity contribution in [2.45, 2.75) is 18.1 Å². The maximum atomic E-state index is 5.18. The molecular formula is C14H20N4OS. The zero-order chi connectivity index (χ0) is 14.5. The van der Waals surface area contributed by atoms with Crippen molar-refractivity contribution in [3.8, 4) is 5.75 Å². The van der Waals surface area contributed by atoms with Crippen molar-refractivity contribution in [2.75, 3.05) is 19.9 Å². The predicted octanol–water partition coefficient (Wildman–Crippen LogP) is 2.18. The van der Waals surface area contributed by atoms with E-state index in [2.05, 4.69) is 27.6 Å². The van der Waals surface area contributed by atoms with Gasteiger partial charge in [-0.3, -0.25) is 0 Å². The van der Waals surface area contributed by atoms with Gasteiger partial charge in [-0.15, -0.1) is 10.2 Å². The number of hydrogen-bond donors (Lipinski definition) is 1. The molecule has 0 spiro atoms. The van der Waals surface area contributed by atoms with Crippen LogP contribution in [0.15, 0.2) is 29.4 Å². The molecule has 1 aromatic heterocycles. The van der Waals surface area contributed by atoms with E-state index in [4.69, 9.17) is 4.74 Å². The molecule has 0 fully saturated rings. The second-order valence-corrected chi connectivity index (χ2v) is 5.50. The molecule has 1 aromatic carbocycles. The van der Waals surface area contributed by atoms with Gasteiger partial charge >= 0.3 is 0 Å². The van der Waals surface area contributed by atoms with Crippen LogP contribution in [0, 0.1) is 6.92 Å². The number of thioether (sulfide) groups is 1. The summed E-state index contributed by atoms with van der Waals surface area (Å²) >= 11 is 1.70. The van der Waals surface area contributed by atoms with E-state index in [0.29, 0.717) is 0 Å². The van der Waals surface area contributed by atoms with Gasteiger partial charge in [0, 0.05) is 18.8 Å². The third kappa shape index (κ3) is 3.32. The average molecular weight is 292 g/mol. The van der Waals surface area contributed by atoms with E-state index in [-0.39, 0.29) is 6.04 Å². The first-order valence-electron chi connectivity index (χ1n) is 6.45. The van der Waals surface area contributed by atoms with Gasteiger partial charge in [-0.2, -0.15) is 0 Å². The van der Waals surface area contributed by atoms with E-state index in [0.717, 1.165) is 22.5 Å². The van der Waals surface area contributed by atoms with Crippen molar-refractivity contribution < 1.29 is 4.74 Å². The molecule has 2 rings (SSSR count). The summed E-state index contributed by atoms with van der Waals surface area (Å²) in [6.45, 7) is 1.95. The molecule has 1 atom stereocenters. The smallest absolute Gasteiger partial charge is 0.191 e. The van der Waals surface area contributed by atoms with Crippen LogP contribution in [0.4, 0.5) is 0 Å². The lowest BCUT2D eigenvalue weighted by atomic mass is 10.1. The van der Waals surface area contributed by atoms with E-state index in [1.165, 1.54) is 5.56 Å². The van der Waals surface area contributed by atoms with Gasteiger partial charge in [0.05, 0.1) is 7.11 Å². The Morgan fingerprint density at radius 1 is 1.30 bits per heavy atom. The Labute approximate surface area is 123 Å². The normalized spacial score (nSPS) is 12.4. The Morgan fingerprint density at radius 2 is 2.00 bits per heavy atom. The average Bonchev–Trinajstić information content (AvgIpc) is 2.80. The molecule has 1 heterocycles. The number of nitrogens with one attached hydrogen (secondary N) is 1. The van der Waals surface area contributed by atoms with E-state index < -0.39 is 0 Å². The van der Waals surface area contributed by atoms with Gasteiger partial charge in [0.25, 0.3) is 0 Å². The number of aryl methyl sites for hydroxylation is 1. The van der Waals surface area contributed by atoms with Crippen molar-refractivity contribution >= 4 is 11.8 Å². The Hall–Kier alpha value is -1.53. The second kappa shape index (κ2) is 6.76. The first kappa shape index (κ1) is 14.9. The molecule has 5 nitrogen and oxygen atoms in total. The number of methoxy groups -OCH3 is 1. The Balaban J connectivity index is 2.03. The third-order valence-electron chi connectivity index (χ3n) is 3.30. The largest absolute Gasteiger partial charge is 0.497 e. The quantitative estimate of drug-likeness (QED) is 0.827. The van der Waals surface area contributed by atoms with Crippen LogP contribution in [-0.4, -0.2) is 34.7 Å². The number of benzene rings is 1. The standard InChI is InChI=1S/C14H20N4OS/c1-10-16-17-14(18(10)3)20-9-13(15-2)11-5-7-12(19-4)8-6-11/h5-8,13,15H,9H2,1-4H3. The zero-order valence-electron chi connectivity index (χ0n) is 12.3. The first-order chi connectivity index (χ1) is 9.65. The number of aromatic nitrogens is 3. The van der Waals surface area contributed by atoms with Gasteiger partial charge in [0.1, 0.15) is 11.6 Å². The molecule has 0 aliphatic rings. The van der Waals surface area contributed by atoms with Gasteiger partial charge in [-0.05, 0) is 31.7 Å². The minimum atomic E-state index is 0.267. The molecule has 1 N–H and O–H groups in total. The van der Waals surface area contributed by atoms with Gasteiger partial charge in [0.15, 0.2) is 5.16 Å². The van der Waals surface area contributed by atoms with Gasteiger partial charge < -0.3 is 14.6 Å². The highest BCUT2D eigenvalue weighted by Gasteiger charge is 2.12. The van der Waals surface area contributed by atoms with Crippen molar-refractivity contribution in [3.63, 3.8) is 0 Å². The summed E-state index contributed by atoms with van der Waals surface area (Å²) in [7, 11) is 5.63. The minimum absolute atomic E-state index is 0.267. The van der Waals surface area contributed by atoms with Crippen LogP contribution < -0.4 is 10.1 Å². The number of nitrogens with zero attached hydrogens (tertiary/aromatic N) is 3. The molecule has 0 amide bonds. The lowest BCUT2D eigenvalue weighted by Crippen LogP contribution is -2.18. The maximum Gasteiger partial charge on any atom is 0.191 e. The van der Waals surface area contributed by atoms with E-state index in [9.17, 15) is 0 Å². The number of rotatable bonds is 6. The summed E-state index contributed by atoms with van der Waals surface area (Å²) in [5, 5.41) is 12.5. The van der Waals surface area contributed by atoms with Crippen LogP contribution in [0.3, 0.4) is 0 Å². The maximum absolute atomic E-state index is 5.18. The summed E-state index contributed by atoms with van der Waals surface area (Å²) in [6, 6.07) is 8.40. The topological polar surface area (TPSA) is 52.0 Å². The van der Waals surface area contributed by atoms with Crippen LogP contribution >= 0.6 is 11.8 Å². The SMILES string of the molecule is CNC(CSc1nnc(C)n1C)c1ccc(OC)cc1. The summed E-state index contributed by atoms with van der Waals surface area (Å²) in [4.78, 5) is 0. The van der Waals surface area contributed by atoms with Gasteiger partial charge in [-0.25, -0.2) is 0 Å². The van der Waals surface area contributed by atoms with Crippen molar-refractivity contribution in [2.24, 2.45) is 7.05 Å². The van der Waals surface area contributed by atoms with Crippen LogP contribution in [0.5, 0.6) is 5.75 Å². The molecule has 1 unspecified atom stereocenters. The number of ether oxygens (including phenoxy) is 1. The molecule has 0 saturated carbocycles. The molecule has 2 aromatic rings. The summed E-state index contributed by atoms with van der Waals surface area (Å²) in [6.07, 6.45) is 0. The Morgan fingerprint density at radius 3 is 2.50 bits per heavy atom. The molecule has 0 aliphatic heterocycles. The van der Waals surface area contributed by atoms with Crippen LogP contribution in [0.2, 0.25) is 0 Å². The summed E-state index contributed by atoms with van der Waals surface area (Å²) in [5.41, 5.74) is 1.24. The fourth-order valence-electron chi connectivity index (χ4n) is 1.85. The molecule has 0 bridgehead atoms. The molecule has 6 heteroatoms. The Kier molecular flexibility index (Phi) is 5.03. The zero-order valence-corrected chi connectivity index (χ0v) is 13.1. The molecular weight excluding hydrogens is 272 g/mol. The highest BCUT2D eigenvalue weighted by molar-refractivity contribution is 7.99. The first-order valence-corrected chi connectivity index (χ1v) is 7.44. The fourth-order valence-corrected chi connectivity index (χ4v) is 2.95. The third-order valence-corrected chi connectivity index (χ3v) is 4.41. The number of hydrogen-bond acceptors (Lipinski definition) is 5. The molecule has 0 aliphatic carbocycles. The highest BCUT2D eigenvalue weighted by Crippen LogP contribution is 2.24.